The summed E-state index contributed by atoms with van der Waals surface area (Å²) < 4.78 is 40.9. The summed E-state index contributed by atoms with van der Waals surface area (Å²) in [5, 5.41) is 14.2. The fraction of sp³-hybridized carbons (Fsp3) is 0.286. The van der Waals surface area contributed by atoms with E-state index in [-0.39, 0.29) is 17.0 Å². The highest BCUT2D eigenvalue weighted by Gasteiger charge is 2.35. The molecule has 0 bridgehead atoms. The van der Waals surface area contributed by atoms with Crippen LogP contribution in [-0.2, 0) is 9.53 Å². The van der Waals surface area contributed by atoms with Crippen molar-refractivity contribution in [1.82, 2.24) is 10.6 Å². The van der Waals surface area contributed by atoms with E-state index in [4.69, 9.17) is 0 Å². The van der Waals surface area contributed by atoms with Gasteiger partial charge in [-0.15, -0.1) is 0 Å². The molecule has 0 unspecified atom stereocenters. The number of amides is 2. The fourth-order valence-electron chi connectivity index (χ4n) is 2.14. The van der Waals surface area contributed by atoms with E-state index in [2.05, 4.69) is 15.4 Å². The number of allylic oxidation sites excluding steroid dienone is 1. The summed E-state index contributed by atoms with van der Waals surface area (Å²) in [5.41, 5.74) is 0.242. The molecule has 1 aromatic carbocycles. The number of esters is 1. The number of carbonyl (C=O) groups is 2. The smallest absolute Gasteiger partial charge is 0.422 e. The summed E-state index contributed by atoms with van der Waals surface area (Å²) in [6.45, 7) is -0.359. The monoisotopic (exact) mass is 330 g/mol. The normalized spacial score (nSPS) is 18.3. The van der Waals surface area contributed by atoms with E-state index >= 15 is 0 Å². The Hall–Kier alpha value is -2.71. The van der Waals surface area contributed by atoms with Gasteiger partial charge in [0.15, 0.2) is 6.61 Å². The molecule has 1 aromatic rings. The second-order valence-corrected chi connectivity index (χ2v) is 4.86. The predicted molar refractivity (Wildman–Crippen MR) is 72.2 cm³/mol. The molecule has 0 spiro atoms. The minimum absolute atomic E-state index is 0.0780. The maximum absolute atomic E-state index is 12.2. The van der Waals surface area contributed by atoms with Crippen LogP contribution in [0.15, 0.2) is 35.5 Å². The number of rotatable bonds is 3. The molecule has 9 heteroatoms. The van der Waals surface area contributed by atoms with Crippen molar-refractivity contribution >= 4 is 12.0 Å². The quantitative estimate of drug-likeness (QED) is 0.741. The average Bonchev–Trinajstić information content (AvgIpc) is 2.43. The van der Waals surface area contributed by atoms with Gasteiger partial charge in [-0.2, -0.15) is 13.2 Å². The lowest BCUT2D eigenvalue weighted by atomic mass is 9.95. The van der Waals surface area contributed by atoms with Gasteiger partial charge in [0, 0.05) is 5.70 Å². The zero-order valence-corrected chi connectivity index (χ0v) is 11.9. The van der Waals surface area contributed by atoms with E-state index in [1.165, 1.54) is 31.2 Å². The van der Waals surface area contributed by atoms with Crippen LogP contribution >= 0.6 is 0 Å². The van der Waals surface area contributed by atoms with Gasteiger partial charge in [0.25, 0.3) is 0 Å². The van der Waals surface area contributed by atoms with Crippen molar-refractivity contribution in [2.45, 2.75) is 19.1 Å². The Kier molecular flexibility index (Phi) is 4.48. The van der Waals surface area contributed by atoms with Crippen molar-refractivity contribution < 1.29 is 32.6 Å². The molecule has 1 aliphatic heterocycles. The number of alkyl halides is 3. The standard InChI is InChI=1S/C14H13F3N2O4/c1-7-10(12(21)23-6-14(15,16)17)11(19-13(22)18-7)8-3-2-4-9(20)5-8/h2-5,11,20H,6H2,1H3,(H2,18,19,22)/t11-/m0/s1. The Balaban J connectivity index is 2.33. The molecule has 0 radical (unpaired) electrons. The third-order valence-corrected chi connectivity index (χ3v) is 3.06. The molecule has 0 fully saturated rings. The molecule has 6 nitrogen and oxygen atoms in total. The SMILES string of the molecule is CC1=C(C(=O)OCC(F)(F)F)[C@H](c2cccc(O)c2)NC(=O)N1. The molecule has 0 saturated carbocycles. The predicted octanol–water partition coefficient (Wildman–Crippen LogP) is 2.13. The van der Waals surface area contributed by atoms with E-state index in [1.54, 1.807) is 0 Å². The molecule has 1 heterocycles. The zero-order valence-electron chi connectivity index (χ0n) is 11.9. The largest absolute Gasteiger partial charge is 0.508 e. The van der Waals surface area contributed by atoms with Crippen molar-refractivity contribution in [2.24, 2.45) is 0 Å². The zero-order chi connectivity index (χ0) is 17.2. The number of benzene rings is 1. The van der Waals surface area contributed by atoms with E-state index in [1.807, 2.05) is 0 Å². The van der Waals surface area contributed by atoms with Crippen molar-refractivity contribution in [3.63, 3.8) is 0 Å². The van der Waals surface area contributed by atoms with Crippen LogP contribution in [0.5, 0.6) is 5.75 Å². The van der Waals surface area contributed by atoms with Gasteiger partial charge >= 0.3 is 18.2 Å². The lowest BCUT2D eigenvalue weighted by Gasteiger charge is -2.28. The van der Waals surface area contributed by atoms with E-state index in [0.29, 0.717) is 5.56 Å². The lowest BCUT2D eigenvalue weighted by Crippen LogP contribution is -2.45. The van der Waals surface area contributed by atoms with Crippen LogP contribution in [0.4, 0.5) is 18.0 Å². The third-order valence-electron chi connectivity index (χ3n) is 3.06. The number of hydrogen-bond acceptors (Lipinski definition) is 4. The minimum Gasteiger partial charge on any atom is -0.508 e. The topological polar surface area (TPSA) is 87.7 Å². The van der Waals surface area contributed by atoms with Gasteiger partial charge in [0.2, 0.25) is 0 Å². The van der Waals surface area contributed by atoms with Gasteiger partial charge in [0.1, 0.15) is 5.75 Å². The number of phenolic OH excluding ortho intramolecular Hbond substituents is 1. The highest BCUT2D eigenvalue weighted by Crippen LogP contribution is 2.29. The number of ether oxygens (including phenoxy) is 1. The van der Waals surface area contributed by atoms with Gasteiger partial charge in [-0.25, -0.2) is 9.59 Å². The minimum atomic E-state index is -4.66. The van der Waals surface area contributed by atoms with Crippen molar-refractivity contribution in [2.75, 3.05) is 6.61 Å². The van der Waals surface area contributed by atoms with Crippen molar-refractivity contribution in [1.29, 1.82) is 0 Å². The number of hydrogen-bond donors (Lipinski definition) is 3. The highest BCUT2D eigenvalue weighted by molar-refractivity contribution is 5.95. The maximum Gasteiger partial charge on any atom is 0.422 e. The highest BCUT2D eigenvalue weighted by atomic mass is 19.4. The number of nitrogens with one attached hydrogen (secondary N) is 2. The van der Waals surface area contributed by atoms with Crippen molar-refractivity contribution in [3.05, 3.63) is 41.1 Å². The molecule has 1 atom stereocenters. The summed E-state index contributed by atoms with van der Waals surface area (Å²) in [4.78, 5) is 23.6. The van der Waals surface area contributed by atoms with Gasteiger partial charge in [-0.05, 0) is 24.6 Å². The second kappa shape index (κ2) is 6.19. The van der Waals surface area contributed by atoms with Crippen molar-refractivity contribution in [3.8, 4) is 5.75 Å². The number of halogens is 3. The van der Waals surface area contributed by atoms with Gasteiger partial charge < -0.3 is 20.5 Å². The number of phenols is 1. The molecule has 0 aliphatic carbocycles. The van der Waals surface area contributed by atoms with E-state index < -0.39 is 30.8 Å². The first kappa shape index (κ1) is 16.7. The molecule has 124 valence electrons. The first-order chi connectivity index (χ1) is 10.7. The van der Waals surface area contributed by atoms with Crippen LogP contribution in [0.25, 0.3) is 0 Å². The molecule has 2 amide bonds. The van der Waals surface area contributed by atoms with Gasteiger partial charge in [0.05, 0.1) is 11.6 Å². The number of carbonyl (C=O) groups excluding carboxylic acids is 2. The first-order valence-corrected chi connectivity index (χ1v) is 6.48. The van der Waals surface area contributed by atoms with Crippen LogP contribution in [0.1, 0.15) is 18.5 Å². The van der Waals surface area contributed by atoms with Crippen LogP contribution in [-0.4, -0.2) is 29.9 Å². The Morgan fingerprint density at radius 1 is 1.39 bits per heavy atom. The molecule has 3 N–H and O–H groups in total. The Morgan fingerprint density at radius 3 is 2.70 bits per heavy atom. The van der Waals surface area contributed by atoms with E-state index in [0.717, 1.165) is 0 Å². The number of urea groups is 1. The molecule has 0 aromatic heterocycles. The van der Waals surface area contributed by atoms with Gasteiger partial charge in [-0.3, -0.25) is 0 Å². The molecular formula is C14H13F3N2O4. The van der Waals surface area contributed by atoms with Crippen LogP contribution < -0.4 is 10.6 Å². The van der Waals surface area contributed by atoms with Gasteiger partial charge in [-0.1, -0.05) is 12.1 Å². The Labute approximate surface area is 128 Å². The molecule has 2 rings (SSSR count). The van der Waals surface area contributed by atoms with E-state index in [9.17, 15) is 27.9 Å². The third kappa shape index (κ3) is 4.15. The second-order valence-electron chi connectivity index (χ2n) is 4.86. The number of aromatic hydroxyl groups is 1. The summed E-state index contributed by atoms with van der Waals surface area (Å²) in [7, 11) is 0. The lowest BCUT2D eigenvalue weighted by molar-refractivity contribution is -0.183. The first-order valence-electron chi connectivity index (χ1n) is 6.48. The molecule has 23 heavy (non-hydrogen) atoms. The Bertz CT molecular complexity index is 670. The fourth-order valence-corrected chi connectivity index (χ4v) is 2.14. The van der Waals surface area contributed by atoms with Crippen LogP contribution in [0.3, 0.4) is 0 Å². The molecule has 0 saturated heterocycles. The summed E-state index contributed by atoms with van der Waals surface area (Å²) in [6.07, 6.45) is -4.66. The summed E-state index contributed by atoms with van der Waals surface area (Å²) >= 11 is 0. The summed E-state index contributed by atoms with van der Waals surface area (Å²) in [6, 6.07) is 4.01. The maximum atomic E-state index is 12.2. The van der Waals surface area contributed by atoms with Crippen LogP contribution in [0.2, 0.25) is 0 Å². The molecule has 1 aliphatic rings. The summed E-state index contributed by atoms with van der Waals surface area (Å²) in [5.74, 6) is -1.32. The molecular weight excluding hydrogens is 317 g/mol. The Morgan fingerprint density at radius 2 is 2.09 bits per heavy atom. The van der Waals surface area contributed by atoms with Crippen LogP contribution in [0, 0.1) is 0 Å². The average molecular weight is 330 g/mol.